The molecule has 4 nitrogen and oxygen atoms in total. The standard InChI is InChI=1S/C4H8N4.ClH/c1-3(5)4-6-2-7-8-4;/h2-3H,5H2,1H3,(H,6,7,8);1H. The molecule has 0 amide bonds. The Morgan fingerprint density at radius 1 is 1.78 bits per heavy atom. The van der Waals surface area contributed by atoms with Crippen LogP contribution < -0.4 is 5.73 Å². The molecular formula is C4H9ClN4. The lowest BCUT2D eigenvalue weighted by Crippen LogP contribution is -2.06. The van der Waals surface area contributed by atoms with Gasteiger partial charge < -0.3 is 5.73 Å². The van der Waals surface area contributed by atoms with Gasteiger partial charge in [-0.3, -0.25) is 5.10 Å². The average molecular weight is 149 g/mol. The quantitative estimate of drug-likeness (QED) is 0.600. The van der Waals surface area contributed by atoms with Crippen LogP contribution in [-0.4, -0.2) is 15.2 Å². The molecule has 52 valence electrons. The fourth-order valence-electron chi connectivity index (χ4n) is 0.434. The fraction of sp³-hybridized carbons (Fsp3) is 0.500. The molecule has 0 bridgehead atoms. The molecule has 1 aromatic heterocycles. The molecule has 0 aliphatic carbocycles. The van der Waals surface area contributed by atoms with Crippen molar-refractivity contribution in [3.05, 3.63) is 12.2 Å². The summed E-state index contributed by atoms with van der Waals surface area (Å²) in [6.07, 6.45) is 1.44. The van der Waals surface area contributed by atoms with E-state index in [-0.39, 0.29) is 18.4 Å². The van der Waals surface area contributed by atoms with Gasteiger partial charge in [0.1, 0.15) is 12.2 Å². The first-order chi connectivity index (χ1) is 3.80. The zero-order valence-electron chi connectivity index (χ0n) is 5.03. The van der Waals surface area contributed by atoms with E-state index in [1.54, 1.807) is 0 Å². The molecule has 0 fully saturated rings. The van der Waals surface area contributed by atoms with Gasteiger partial charge in [0.05, 0.1) is 6.04 Å². The zero-order valence-corrected chi connectivity index (χ0v) is 5.85. The Labute approximate surface area is 59.3 Å². The molecule has 0 radical (unpaired) electrons. The molecule has 1 atom stereocenters. The van der Waals surface area contributed by atoms with Crippen molar-refractivity contribution >= 4 is 12.4 Å². The van der Waals surface area contributed by atoms with Crippen LogP contribution in [0.1, 0.15) is 18.8 Å². The summed E-state index contributed by atoms with van der Waals surface area (Å²) >= 11 is 0. The van der Waals surface area contributed by atoms with E-state index in [1.165, 1.54) is 6.33 Å². The predicted molar refractivity (Wildman–Crippen MR) is 36.2 cm³/mol. The lowest BCUT2D eigenvalue weighted by atomic mass is 10.4. The number of nitrogens with two attached hydrogens (primary N) is 1. The van der Waals surface area contributed by atoms with Crippen LogP contribution in [0.25, 0.3) is 0 Å². The van der Waals surface area contributed by atoms with Crippen molar-refractivity contribution in [3.63, 3.8) is 0 Å². The Kier molecular flexibility index (Phi) is 3.19. The van der Waals surface area contributed by atoms with E-state index in [9.17, 15) is 0 Å². The molecule has 0 aliphatic rings. The average Bonchev–Trinajstić information content (AvgIpc) is 2.12. The summed E-state index contributed by atoms with van der Waals surface area (Å²) in [6, 6.07) is -0.0440. The number of hydrogen-bond acceptors (Lipinski definition) is 3. The molecule has 0 saturated heterocycles. The Morgan fingerprint density at radius 2 is 2.44 bits per heavy atom. The van der Waals surface area contributed by atoms with E-state index in [4.69, 9.17) is 5.73 Å². The van der Waals surface area contributed by atoms with Crippen molar-refractivity contribution in [2.24, 2.45) is 5.73 Å². The number of halogens is 1. The van der Waals surface area contributed by atoms with Crippen LogP contribution in [0.2, 0.25) is 0 Å². The molecule has 1 aromatic rings. The number of hydrogen-bond donors (Lipinski definition) is 2. The van der Waals surface area contributed by atoms with Gasteiger partial charge in [0.2, 0.25) is 0 Å². The van der Waals surface area contributed by atoms with Gasteiger partial charge in [0, 0.05) is 0 Å². The summed E-state index contributed by atoms with van der Waals surface area (Å²) in [4.78, 5) is 3.82. The number of H-pyrrole nitrogens is 1. The smallest absolute Gasteiger partial charge is 0.140 e. The molecule has 9 heavy (non-hydrogen) atoms. The van der Waals surface area contributed by atoms with Gasteiger partial charge in [0.25, 0.3) is 0 Å². The molecule has 3 N–H and O–H groups in total. The number of nitrogens with zero attached hydrogens (tertiary/aromatic N) is 2. The number of nitrogens with one attached hydrogen (secondary N) is 1. The van der Waals surface area contributed by atoms with Gasteiger partial charge in [-0.1, -0.05) is 0 Å². The van der Waals surface area contributed by atoms with Crippen LogP contribution in [-0.2, 0) is 0 Å². The molecule has 1 heterocycles. The van der Waals surface area contributed by atoms with Gasteiger partial charge in [-0.15, -0.1) is 12.4 Å². The lowest BCUT2D eigenvalue weighted by molar-refractivity contribution is 0.745. The minimum Gasteiger partial charge on any atom is -0.322 e. The second-order valence-corrected chi connectivity index (χ2v) is 1.66. The molecule has 0 aromatic carbocycles. The molecule has 5 heteroatoms. The minimum absolute atomic E-state index is 0. The first-order valence-electron chi connectivity index (χ1n) is 2.41. The summed E-state index contributed by atoms with van der Waals surface area (Å²) in [5, 5.41) is 6.28. The number of aromatic nitrogens is 3. The van der Waals surface area contributed by atoms with Gasteiger partial charge in [-0.25, -0.2) is 4.98 Å². The van der Waals surface area contributed by atoms with Crippen molar-refractivity contribution in [3.8, 4) is 0 Å². The second-order valence-electron chi connectivity index (χ2n) is 1.66. The topological polar surface area (TPSA) is 67.6 Å². The van der Waals surface area contributed by atoms with Crippen LogP contribution in [0.5, 0.6) is 0 Å². The highest BCUT2D eigenvalue weighted by molar-refractivity contribution is 5.85. The summed E-state index contributed by atoms with van der Waals surface area (Å²) in [5.41, 5.74) is 5.42. The van der Waals surface area contributed by atoms with E-state index in [0.29, 0.717) is 0 Å². The highest BCUT2D eigenvalue weighted by Gasteiger charge is 1.98. The van der Waals surface area contributed by atoms with Gasteiger partial charge in [-0.05, 0) is 6.92 Å². The molecule has 0 aliphatic heterocycles. The van der Waals surface area contributed by atoms with Crippen molar-refractivity contribution < 1.29 is 0 Å². The van der Waals surface area contributed by atoms with E-state index in [0.717, 1.165) is 5.82 Å². The molecule has 1 rings (SSSR count). The maximum absolute atomic E-state index is 5.42. The largest absolute Gasteiger partial charge is 0.322 e. The molecular weight excluding hydrogens is 140 g/mol. The first-order valence-corrected chi connectivity index (χ1v) is 2.41. The maximum Gasteiger partial charge on any atom is 0.140 e. The van der Waals surface area contributed by atoms with Crippen LogP contribution >= 0.6 is 12.4 Å². The summed E-state index contributed by atoms with van der Waals surface area (Å²) in [5.74, 6) is 0.727. The van der Waals surface area contributed by atoms with Crippen molar-refractivity contribution in [2.45, 2.75) is 13.0 Å². The fourth-order valence-corrected chi connectivity index (χ4v) is 0.434. The number of rotatable bonds is 1. The van der Waals surface area contributed by atoms with E-state index >= 15 is 0 Å². The maximum atomic E-state index is 5.42. The predicted octanol–water partition coefficient (Wildman–Crippen LogP) is 0.246. The van der Waals surface area contributed by atoms with Gasteiger partial charge in [-0.2, -0.15) is 5.10 Å². The highest BCUT2D eigenvalue weighted by atomic mass is 35.5. The van der Waals surface area contributed by atoms with Crippen molar-refractivity contribution in [1.29, 1.82) is 0 Å². The summed E-state index contributed by atoms with van der Waals surface area (Å²) in [6.45, 7) is 1.85. The zero-order chi connectivity index (χ0) is 5.98. The second kappa shape index (κ2) is 3.42. The van der Waals surface area contributed by atoms with E-state index in [2.05, 4.69) is 15.2 Å². The minimum atomic E-state index is -0.0440. The molecule has 1 unspecified atom stereocenters. The Hall–Kier alpha value is -0.610. The van der Waals surface area contributed by atoms with Gasteiger partial charge in [0.15, 0.2) is 0 Å². The third-order valence-corrected chi connectivity index (χ3v) is 0.865. The van der Waals surface area contributed by atoms with Crippen molar-refractivity contribution in [1.82, 2.24) is 15.2 Å². The van der Waals surface area contributed by atoms with Gasteiger partial charge >= 0.3 is 0 Å². The third kappa shape index (κ3) is 1.99. The Balaban J connectivity index is 0.000000640. The highest BCUT2D eigenvalue weighted by Crippen LogP contribution is 1.96. The number of aromatic amines is 1. The van der Waals surface area contributed by atoms with Crippen molar-refractivity contribution in [2.75, 3.05) is 0 Å². The van der Waals surface area contributed by atoms with Crippen LogP contribution in [0, 0.1) is 0 Å². The SMILES string of the molecule is CC(N)c1ncn[nH]1.Cl. The normalized spacial score (nSPS) is 12.2. The molecule has 0 saturated carbocycles. The first kappa shape index (κ1) is 8.39. The lowest BCUT2D eigenvalue weighted by Gasteiger charge is -1.94. The third-order valence-electron chi connectivity index (χ3n) is 0.865. The monoisotopic (exact) mass is 148 g/mol. The summed E-state index contributed by atoms with van der Waals surface area (Å²) in [7, 11) is 0. The summed E-state index contributed by atoms with van der Waals surface area (Å²) < 4.78 is 0. The van der Waals surface area contributed by atoms with Crippen LogP contribution in [0.15, 0.2) is 6.33 Å². The van der Waals surface area contributed by atoms with Crippen LogP contribution in [0.3, 0.4) is 0 Å². The van der Waals surface area contributed by atoms with Crippen LogP contribution in [0.4, 0.5) is 0 Å². The van der Waals surface area contributed by atoms with E-state index < -0.39 is 0 Å². The molecule has 0 spiro atoms. The Bertz CT molecular complexity index is 148. The Morgan fingerprint density at radius 3 is 2.67 bits per heavy atom. The van der Waals surface area contributed by atoms with E-state index in [1.807, 2.05) is 6.92 Å².